The van der Waals surface area contributed by atoms with Gasteiger partial charge in [0.25, 0.3) is 0 Å². The Hall–Kier alpha value is -0.890. The first-order valence-electron chi connectivity index (χ1n) is 6.18. The fraction of sp³-hybridized carbons (Fsp3) is 0.750. The number of nitrogens with zero attached hydrogens (tertiary/aromatic N) is 2. The Morgan fingerprint density at radius 1 is 1.50 bits per heavy atom. The fourth-order valence-electron chi connectivity index (χ4n) is 3.17. The summed E-state index contributed by atoms with van der Waals surface area (Å²) in [7, 11) is 0. The van der Waals surface area contributed by atoms with E-state index in [-0.39, 0.29) is 5.92 Å². The molecule has 3 aliphatic heterocycles. The predicted octanol–water partition coefficient (Wildman–Crippen LogP) is 0.0495. The van der Waals surface area contributed by atoms with E-state index in [9.17, 15) is 0 Å². The van der Waals surface area contributed by atoms with Gasteiger partial charge >= 0.3 is 0 Å². The van der Waals surface area contributed by atoms with Crippen LogP contribution in [0, 0.1) is 17.2 Å². The van der Waals surface area contributed by atoms with Gasteiger partial charge in [-0.3, -0.25) is 10.2 Å². The molecule has 2 N–H and O–H groups in total. The lowest BCUT2D eigenvalue weighted by Gasteiger charge is -2.27. The molecule has 0 radical (unpaired) electrons. The second-order valence-electron chi connectivity index (χ2n) is 4.88. The van der Waals surface area contributed by atoms with Crippen molar-refractivity contribution in [1.82, 2.24) is 15.5 Å². The molecule has 0 bridgehead atoms. The summed E-state index contributed by atoms with van der Waals surface area (Å²) in [5, 5.41) is 16.0. The SMILES string of the molecule is N#CC1CCN2C(C3=CCCNC3)CNC12. The molecule has 3 atom stereocenters. The van der Waals surface area contributed by atoms with E-state index in [1.54, 1.807) is 0 Å². The molecular weight excluding hydrogens is 200 g/mol. The predicted molar refractivity (Wildman–Crippen MR) is 61.6 cm³/mol. The number of nitriles is 1. The minimum Gasteiger partial charge on any atom is -0.313 e. The van der Waals surface area contributed by atoms with E-state index < -0.39 is 0 Å². The lowest BCUT2D eigenvalue weighted by molar-refractivity contribution is 0.250. The summed E-state index contributed by atoms with van der Waals surface area (Å²) in [5.74, 6) is 0.183. The molecule has 3 rings (SSSR count). The van der Waals surface area contributed by atoms with E-state index in [0.29, 0.717) is 12.2 Å². The lowest BCUT2D eigenvalue weighted by atomic mass is 10.0. The van der Waals surface area contributed by atoms with Crippen LogP contribution in [0.5, 0.6) is 0 Å². The molecule has 0 saturated carbocycles. The van der Waals surface area contributed by atoms with Crippen molar-refractivity contribution < 1.29 is 0 Å². The molecule has 86 valence electrons. The van der Waals surface area contributed by atoms with Crippen LogP contribution in [0.1, 0.15) is 12.8 Å². The van der Waals surface area contributed by atoms with Crippen molar-refractivity contribution in [2.45, 2.75) is 25.0 Å². The zero-order chi connectivity index (χ0) is 11.0. The number of nitrogens with one attached hydrogen (secondary N) is 2. The van der Waals surface area contributed by atoms with E-state index in [2.05, 4.69) is 27.7 Å². The van der Waals surface area contributed by atoms with Crippen molar-refractivity contribution in [3.8, 4) is 6.07 Å². The molecule has 3 unspecified atom stereocenters. The first-order valence-corrected chi connectivity index (χ1v) is 6.18. The van der Waals surface area contributed by atoms with Gasteiger partial charge in [-0.2, -0.15) is 5.26 Å². The Kier molecular flexibility index (Phi) is 2.68. The number of fused-ring (bicyclic) bond motifs is 1. The van der Waals surface area contributed by atoms with Crippen molar-refractivity contribution in [2.24, 2.45) is 5.92 Å². The van der Waals surface area contributed by atoms with Crippen LogP contribution in [0.2, 0.25) is 0 Å². The smallest absolute Gasteiger partial charge is 0.0766 e. The number of hydrogen-bond donors (Lipinski definition) is 2. The zero-order valence-electron chi connectivity index (χ0n) is 9.45. The maximum absolute atomic E-state index is 9.07. The molecule has 0 aromatic rings. The Morgan fingerprint density at radius 2 is 2.44 bits per heavy atom. The summed E-state index contributed by atoms with van der Waals surface area (Å²) in [4.78, 5) is 2.48. The summed E-state index contributed by atoms with van der Waals surface area (Å²) < 4.78 is 0. The molecule has 4 heteroatoms. The molecule has 0 amide bonds. The summed E-state index contributed by atoms with van der Waals surface area (Å²) in [5.41, 5.74) is 1.51. The quantitative estimate of drug-likeness (QED) is 0.611. The van der Waals surface area contributed by atoms with Crippen LogP contribution in [-0.2, 0) is 0 Å². The minimum absolute atomic E-state index is 0.183. The average molecular weight is 218 g/mol. The highest BCUT2D eigenvalue weighted by molar-refractivity contribution is 5.21. The van der Waals surface area contributed by atoms with E-state index in [4.69, 9.17) is 5.26 Å². The highest BCUT2D eigenvalue weighted by Gasteiger charge is 2.43. The van der Waals surface area contributed by atoms with Gasteiger partial charge in [-0.25, -0.2) is 0 Å². The van der Waals surface area contributed by atoms with E-state index >= 15 is 0 Å². The van der Waals surface area contributed by atoms with Gasteiger partial charge in [0, 0.05) is 25.7 Å². The van der Waals surface area contributed by atoms with Gasteiger partial charge in [-0.15, -0.1) is 0 Å². The second kappa shape index (κ2) is 4.17. The van der Waals surface area contributed by atoms with Gasteiger partial charge in [-0.1, -0.05) is 6.08 Å². The van der Waals surface area contributed by atoms with Gasteiger partial charge in [0.15, 0.2) is 0 Å². The monoisotopic (exact) mass is 218 g/mol. The van der Waals surface area contributed by atoms with Crippen LogP contribution < -0.4 is 10.6 Å². The summed E-state index contributed by atoms with van der Waals surface area (Å²) in [6, 6.07) is 2.94. The Labute approximate surface area is 96.3 Å². The average Bonchev–Trinajstić information content (AvgIpc) is 2.90. The van der Waals surface area contributed by atoms with Gasteiger partial charge in [0.2, 0.25) is 0 Å². The summed E-state index contributed by atoms with van der Waals surface area (Å²) in [6.45, 7) is 4.20. The Balaban J connectivity index is 1.75. The standard InChI is InChI=1S/C12H18N4/c13-6-9-3-5-16-11(8-15-12(9)16)10-2-1-4-14-7-10/h2,9,11-12,14-15H,1,3-5,7-8H2. The van der Waals surface area contributed by atoms with Crippen molar-refractivity contribution in [3.63, 3.8) is 0 Å². The highest BCUT2D eigenvalue weighted by Crippen LogP contribution is 2.31. The van der Waals surface area contributed by atoms with E-state index in [0.717, 1.165) is 39.0 Å². The topological polar surface area (TPSA) is 51.1 Å². The zero-order valence-corrected chi connectivity index (χ0v) is 9.45. The summed E-state index contributed by atoms with van der Waals surface area (Å²) >= 11 is 0. The molecule has 0 spiro atoms. The van der Waals surface area contributed by atoms with Crippen molar-refractivity contribution in [1.29, 1.82) is 5.26 Å². The largest absolute Gasteiger partial charge is 0.313 e. The second-order valence-corrected chi connectivity index (χ2v) is 4.88. The molecule has 4 nitrogen and oxygen atoms in total. The van der Waals surface area contributed by atoms with E-state index in [1.807, 2.05) is 0 Å². The molecule has 16 heavy (non-hydrogen) atoms. The van der Waals surface area contributed by atoms with Gasteiger partial charge < -0.3 is 5.32 Å². The third-order valence-corrected chi connectivity index (χ3v) is 4.01. The molecule has 2 fully saturated rings. The van der Waals surface area contributed by atoms with Crippen LogP contribution >= 0.6 is 0 Å². The number of hydrogen-bond acceptors (Lipinski definition) is 4. The van der Waals surface area contributed by atoms with Gasteiger partial charge in [0.05, 0.1) is 18.2 Å². The Bertz CT molecular complexity index is 343. The molecule has 0 aromatic heterocycles. The van der Waals surface area contributed by atoms with Crippen LogP contribution in [0.25, 0.3) is 0 Å². The van der Waals surface area contributed by atoms with Gasteiger partial charge in [0.1, 0.15) is 0 Å². The van der Waals surface area contributed by atoms with Crippen LogP contribution in [0.3, 0.4) is 0 Å². The first-order chi connectivity index (χ1) is 7.90. The maximum atomic E-state index is 9.07. The van der Waals surface area contributed by atoms with Crippen molar-refractivity contribution >= 4 is 0 Å². The minimum atomic E-state index is 0.183. The molecule has 0 aromatic carbocycles. The molecule has 0 aliphatic carbocycles. The molecule has 3 heterocycles. The van der Waals surface area contributed by atoms with Gasteiger partial charge in [-0.05, 0) is 25.0 Å². The third-order valence-electron chi connectivity index (χ3n) is 4.01. The lowest BCUT2D eigenvalue weighted by Crippen LogP contribution is -2.39. The van der Waals surface area contributed by atoms with Crippen molar-refractivity contribution in [2.75, 3.05) is 26.2 Å². The number of rotatable bonds is 1. The normalized spacial score (nSPS) is 39.2. The van der Waals surface area contributed by atoms with Crippen molar-refractivity contribution in [3.05, 3.63) is 11.6 Å². The molecule has 3 aliphatic rings. The van der Waals surface area contributed by atoms with Crippen LogP contribution in [0.15, 0.2) is 11.6 Å². The molecular formula is C12H18N4. The third kappa shape index (κ3) is 1.56. The van der Waals surface area contributed by atoms with Crippen LogP contribution in [0.4, 0.5) is 0 Å². The summed E-state index contributed by atoms with van der Waals surface area (Å²) in [6.07, 6.45) is 4.85. The first kappa shape index (κ1) is 10.3. The fourth-order valence-corrected chi connectivity index (χ4v) is 3.17. The molecule has 2 saturated heterocycles. The van der Waals surface area contributed by atoms with Crippen LogP contribution in [-0.4, -0.2) is 43.3 Å². The van der Waals surface area contributed by atoms with E-state index in [1.165, 1.54) is 5.57 Å². The Morgan fingerprint density at radius 3 is 3.19 bits per heavy atom. The highest BCUT2D eigenvalue weighted by atomic mass is 15.4. The maximum Gasteiger partial charge on any atom is 0.0766 e.